The van der Waals surface area contributed by atoms with Crippen LogP contribution in [0.3, 0.4) is 0 Å². The lowest BCUT2D eigenvalue weighted by Crippen LogP contribution is -2.04. The molecule has 3 aromatic heterocycles. The Morgan fingerprint density at radius 2 is 0.952 bits per heavy atom. The summed E-state index contributed by atoms with van der Waals surface area (Å²) in [6.07, 6.45) is 0. The topological polar surface area (TPSA) is 30.7 Å². The third-order valence-electron chi connectivity index (χ3n) is 12.4. The van der Waals surface area contributed by atoms with Crippen LogP contribution in [0.4, 0.5) is 0 Å². The minimum absolute atomic E-state index is 0.651. The number of thiophene rings is 1. The van der Waals surface area contributed by atoms with Crippen LogP contribution < -0.4 is 0 Å². The molecule has 0 amide bonds. The molecular weight excluding hydrogens is 771 g/mol. The lowest BCUT2D eigenvalue weighted by molar-refractivity contribution is 1.01. The molecule has 0 aliphatic heterocycles. The maximum absolute atomic E-state index is 5.55. The second kappa shape index (κ2) is 14.5. The molecule has 0 fully saturated rings. The maximum Gasteiger partial charge on any atom is 0.235 e. The number of para-hydroxylation sites is 2. The standard InChI is InChI=1S/C56H33N3S.C2H6/c1-4-15-40-34(11-1)14-9-19-41(40)37-23-25-38(26-24-37)54-45-18-7-8-22-48(45)57-56(58-54)59-49-30-27-35-12-2-5-16-42(35)52(49)46-21-10-20-44(55(46)59)39-29-31-50-47(33-39)53-43-17-6-3-13-36(43)28-32-51(53)60-50;1-2/h1-33H;1-2H3. The van der Waals surface area contributed by atoms with Gasteiger partial charge in [0.2, 0.25) is 5.95 Å². The molecular formula is C58H39N3S. The first-order valence-corrected chi connectivity index (χ1v) is 22.2. The molecule has 13 rings (SSSR count). The Balaban J connectivity index is 0.00000202. The Bertz CT molecular complexity index is 3890. The second-order valence-electron chi connectivity index (χ2n) is 15.7. The smallest absolute Gasteiger partial charge is 0.235 e. The van der Waals surface area contributed by atoms with E-state index >= 15 is 0 Å². The zero-order valence-electron chi connectivity index (χ0n) is 34.3. The number of benzene rings is 10. The first-order valence-electron chi connectivity index (χ1n) is 21.4. The van der Waals surface area contributed by atoms with Crippen LogP contribution in [0.2, 0.25) is 0 Å². The minimum atomic E-state index is 0.651. The summed E-state index contributed by atoms with van der Waals surface area (Å²) in [5.74, 6) is 0.651. The van der Waals surface area contributed by atoms with Gasteiger partial charge in [-0.05, 0) is 79.3 Å². The molecule has 0 saturated carbocycles. The van der Waals surface area contributed by atoms with Crippen molar-refractivity contribution < 1.29 is 0 Å². The number of fused-ring (bicyclic) bond motifs is 12. The van der Waals surface area contributed by atoms with Gasteiger partial charge in [0.15, 0.2) is 0 Å². The van der Waals surface area contributed by atoms with E-state index in [-0.39, 0.29) is 0 Å². The van der Waals surface area contributed by atoms with Gasteiger partial charge in [-0.25, -0.2) is 9.97 Å². The summed E-state index contributed by atoms with van der Waals surface area (Å²) in [4.78, 5) is 10.9. The number of aromatic nitrogens is 3. The average Bonchev–Trinajstić information content (AvgIpc) is 3.90. The van der Waals surface area contributed by atoms with Crippen LogP contribution in [0.5, 0.6) is 0 Å². The molecule has 3 heterocycles. The van der Waals surface area contributed by atoms with Crippen molar-refractivity contribution in [2.24, 2.45) is 0 Å². The predicted octanol–water partition coefficient (Wildman–Crippen LogP) is 16.6. The van der Waals surface area contributed by atoms with Crippen LogP contribution in [-0.2, 0) is 0 Å². The van der Waals surface area contributed by atoms with Gasteiger partial charge in [-0.15, -0.1) is 11.3 Å². The first-order chi connectivity index (χ1) is 30.7. The van der Waals surface area contributed by atoms with Crippen molar-refractivity contribution in [1.82, 2.24) is 14.5 Å². The molecule has 0 aliphatic carbocycles. The fourth-order valence-corrected chi connectivity index (χ4v) is 10.8. The van der Waals surface area contributed by atoms with Gasteiger partial charge in [0.1, 0.15) is 0 Å². The number of hydrogen-bond donors (Lipinski definition) is 0. The molecule has 0 aliphatic rings. The highest BCUT2D eigenvalue weighted by Crippen LogP contribution is 2.44. The van der Waals surface area contributed by atoms with Crippen molar-refractivity contribution in [3.63, 3.8) is 0 Å². The molecule has 0 unspecified atom stereocenters. The van der Waals surface area contributed by atoms with E-state index in [1.165, 1.54) is 80.0 Å². The molecule has 0 atom stereocenters. The fraction of sp³-hybridized carbons (Fsp3) is 0.0345. The number of nitrogens with zero attached hydrogens (tertiary/aromatic N) is 3. The van der Waals surface area contributed by atoms with Crippen LogP contribution in [0.25, 0.3) is 125 Å². The Labute approximate surface area is 362 Å². The predicted molar refractivity (Wildman–Crippen MR) is 267 cm³/mol. The van der Waals surface area contributed by atoms with E-state index in [1.807, 2.05) is 25.2 Å². The summed E-state index contributed by atoms with van der Waals surface area (Å²) in [5.41, 5.74) is 9.75. The lowest BCUT2D eigenvalue weighted by atomic mass is 9.96. The van der Waals surface area contributed by atoms with Gasteiger partial charge in [0, 0.05) is 47.5 Å². The first kappa shape index (κ1) is 36.2. The molecule has 62 heavy (non-hydrogen) atoms. The summed E-state index contributed by atoms with van der Waals surface area (Å²) >= 11 is 1.86. The van der Waals surface area contributed by atoms with Crippen LogP contribution in [0.15, 0.2) is 200 Å². The van der Waals surface area contributed by atoms with Crippen molar-refractivity contribution in [2.75, 3.05) is 0 Å². The van der Waals surface area contributed by atoms with Crippen LogP contribution in [-0.4, -0.2) is 14.5 Å². The highest BCUT2D eigenvalue weighted by molar-refractivity contribution is 7.26. The molecule has 292 valence electrons. The van der Waals surface area contributed by atoms with E-state index in [1.54, 1.807) is 0 Å². The molecule has 13 aromatic rings. The highest BCUT2D eigenvalue weighted by atomic mass is 32.1. The third-order valence-corrected chi connectivity index (χ3v) is 13.5. The summed E-state index contributed by atoms with van der Waals surface area (Å²) in [6, 6.07) is 72.6. The third kappa shape index (κ3) is 5.57. The molecule has 10 aromatic carbocycles. The van der Waals surface area contributed by atoms with Gasteiger partial charge < -0.3 is 0 Å². The van der Waals surface area contributed by atoms with Crippen molar-refractivity contribution in [1.29, 1.82) is 0 Å². The largest absolute Gasteiger partial charge is 0.277 e. The molecule has 3 nitrogen and oxygen atoms in total. The zero-order valence-corrected chi connectivity index (χ0v) is 35.1. The normalized spacial score (nSPS) is 11.7. The van der Waals surface area contributed by atoms with E-state index in [0.717, 1.165) is 38.8 Å². The average molecular weight is 810 g/mol. The Kier molecular flexibility index (Phi) is 8.48. The molecule has 4 heteroatoms. The van der Waals surface area contributed by atoms with Gasteiger partial charge in [-0.3, -0.25) is 4.57 Å². The summed E-state index contributed by atoms with van der Waals surface area (Å²) in [6.45, 7) is 4.00. The summed E-state index contributed by atoms with van der Waals surface area (Å²) in [7, 11) is 0. The van der Waals surface area contributed by atoms with Crippen molar-refractivity contribution in [3.8, 4) is 39.5 Å². The molecule has 0 N–H and O–H groups in total. The Morgan fingerprint density at radius 3 is 1.74 bits per heavy atom. The second-order valence-corrected chi connectivity index (χ2v) is 16.8. The summed E-state index contributed by atoms with van der Waals surface area (Å²) in [5, 5.41) is 13.5. The number of hydrogen-bond acceptors (Lipinski definition) is 3. The number of rotatable bonds is 4. The van der Waals surface area contributed by atoms with Crippen molar-refractivity contribution in [2.45, 2.75) is 13.8 Å². The monoisotopic (exact) mass is 809 g/mol. The minimum Gasteiger partial charge on any atom is -0.277 e. The van der Waals surface area contributed by atoms with E-state index in [4.69, 9.17) is 9.97 Å². The van der Waals surface area contributed by atoms with E-state index in [0.29, 0.717) is 5.95 Å². The van der Waals surface area contributed by atoms with Gasteiger partial charge in [-0.2, -0.15) is 0 Å². The van der Waals surface area contributed by atoms with Gasteiger partial charge in [-0.1, -0.05) is 184 Å². The Morgan fingerprint density at radius 1 is 0.387 bits per heavy atom. The van der Waals surface area contributed by atoms with Crippen LogP contribution in [0.1, 0.15) is 13.8 Å². The van der Waals surface area contributed by atoms with Gasteiger partial charge in [0.25, 0.3) is 0 Å². The zero-order chi connectivity index (χ0) is 41.3. The quantitative estimate of drug-likeness (QED) is 0.177. The van der Waals surface area contributed by atoms with Crippen molar-refractivity contribution >= 4 is 96.5 Å². The van der Waals surface area contributed by atoms with E-state index in [2.05, 4.69) is 205 Å². The molecule has 0 bridgehead atoms. The molecule has 0 radical (unpaired) electrons. The molecule has 0 spiro atoms. The van der Waals surface area contributed by atoms with Crippen LogP contribution in [0, 0.1) is 0 Å². The fourth-order valence-electron chi connectivity index (χ4n) is 9.66. The van der Waals surface area contributed by atoms with Gasteiger partial charge in [0.05, 0.1) is 22.2 Å². The summed E-state index contributed by atoms with van der Waals surface area (Å²) < 4.78 is 4.91. The van der Waals surface area contributed by atoms with E-state index in [9.17, 15) is 0 Å². The van der Waals surface area contributed by atoms with E-state index < -0.39 is 0 Å². The highest BCUT2D eigenvalue weighted by Gasteiger charge is 2.22. The molecule has 0 saturated heterocycles. The maximum atomic E-state index is 5.55. The van der Waals surface area contributed by atoms with Crippen molar-refractivity contribution in [3.05, 3.63) is 200 Å². The lowest BCUT2D eigenvalue weighted by Gasteiger charge is -2.14. The van der Waals surface area contributed by atoms with Crippen LogP contribution >= 0.6 is 11.3 Å². The van der Waals surface area contributed by atoms with Gasteiger partial charge >= 0.3 is 0 Å². The Hall–Kier alpha value is -7.66. The SMILES string of the molecule is CC.c1ccc2c(-c3ccc(-c4nc(-n5c6ccc7ccccc7c6c6cccc(-c7ccc8sc9ccc%10ccccc%10c9c8c7)c65)nc5ccccc45)cc3)cccc2c1.